The van der Waals surface area contributed by atoms with Gasteiger partial charge in [-0.2, -0.15) is 0 Å². The molecule has 4 heteroatoms. The van der Waals surface area contributed by atoms with E-state index in [-0.39, 0.29) is 11.9 Å². The molecule has 4 nitrogen and oxygen atoms in total. The van der Waals surface area contributed by atoms with Crippen molar-refractivity contribution in [3.63, 3.8) is 0 Å². The number of nitrogens with zero attached hydrogens (tertiary/aromatic N) is 1. The Bertz CT molecular complexity index is 430. The molecular weight excluding hydrogens is 240 g/mol. The van der Waals surface area contributed by atoms with Gasteiger partial charge < -0.3 is 15.4 Å². The molecule has 1 aromatic rings. The monoisotopic (exact) mass is 262 g/mol. The van der Waals surface area contributed by atoms with E-state index in [1.54, 1.807) is 7.11 Å². The van der Waals surface area contributed by atoms with E-state index >= 15 is 0 Å². The van der Waals surface area contributed by atoms with Crippen LogP contribution in [0.4, 0.5) is 0 Å². The van der Waals surface area contributed by atoms with Crippen molar-refractivity contribution in [2.45, 2.75) is 26.0 Å². The van der Waals surface area contributed by atoms with Gasteiger partial charge in [-0.05, 0) is 43.5 Å². The fourth-order valence-electron chi connectivity index (χ4n) is 2.67. The molecule has 1 heterocycles. The molecular formula is C15H22N2O2. The van der Waals surface area contributed by atoms with Crippen LogP contribution in [0.25, 0.3) is 0 Å². The Morgan fingerprint density at radius 1 is 1.42 bits per heavy atom. The van der Waals surface area contributed by atoms with Gasteiger partial charge >= 0.3 is 0 Å². The third kappa shape index (κ3) is 3.14. The van der Waals surface area contributed by atoms with Crippen molar-refractivity contribution in [3.05, 3.63) is 35.4 Å². The molecule has 2 atom stereocenters. The highest BCUT2D eigenvalue weighted by atomic mass is 16.5. The number of ether oxygens (including phenoxy) is 1. The van der Waals surface area contributed by atoms with Crippen molar-refractivity contribution in [2.24, 2.45) is 11.7 Å². The number of rotatable bonds is 4. The summed E-state index contributed by atoms with van der Waals surface area (Å²) in [6.07, 6.45) is 1.00. The molecule has 0 aromatic heterocycles. The van der Waals surface area contributed by atoms with Crippen LogP contribution in [0, 0.1) is 5.92 Å². The maximum Gasteiger partial charge on any atom is 0.254 e. The highest BCUT2D eigenvalue weighted by Crippen LogP contribution is 2.24. The first-order valence-electron chi connectivity index (χ1n) is 6.74. The van der Waals surface area contributed by atoms with Crippen LogP contribution in [0.1, 0.15) is 29.3 Å². The minimum Gasteiger partial charge on any atom is -0.380 e. The summed E-state index contributed by atoms with van der Waals surface area (Å²) in [6.45, 7) is 4.09. The number of hydrogen-bond acceptors (Lipinski definition) is 3. The molecule has 1 aliphatic rings. The Labute approximate surface area is 114 Å². The molecule has 1 amide bonds. The second-order valence-corrected chi connectivity index (χ2v) is 5.27. The number of hydrogen-bond donors (Lipinski definition) is 1. The number of methoxy groups -OCH3 is 1. The van der Waals surface area contributed by atoms with Gasteiger partial charge in [0.2, 0.25) is 0 Å². The Balaban J connectivity index is 2.07. The first-order valence-corrected chi connectivity index (χ1v) is 6.74. The summed E-state index contributed by atoms with van der Waals surface area (Å²) in [5.41, 5.74) is 7.52. The Morgan fingerprint density at radius 3 is 2.63 bits per heavy atom. The molecule has 0 saturated carbocycles. The van der Waals surface area contributed by atoms with Gasteiger partial charge in [-0.3, -0.25) is 4.79 Å². The SMILES string of the molecule is COCc1ccc(C(=O)N2CC(CN)CC2C)cc1. The van der Waals surface area contributed by atoms with E-state index in [9.17, 15) is 4.79 Å². The van der Waals surface area contributed by atoms with Crippen LogP contribution < -0.4 is 5.73 Å². The second-order valence-electron chi connectivity index (χ2n) is 5.27. The smallest absolute Gasteiger partial charge is 0.254 e. The Kier molecular flexibility index (Phi) is 4.56. The second kappa shape index (κ2) is 6.17. The topological polar surface area (TPSA) is 55.6 Å². The molecule has 1 aromatic carbocycles. The lowest BCUT2D eigenvalue weighted by molar-refractivity contribution is 0.0743. The first kappa shape index (κ1) is 14.0. The first-order chi connectivity index (χ1) is 9.15. The van der Waals surface area contributed by atoms with Crippen molar-refractivity contribution in [1.82, 2.24) is 4.90 Å². The van der Waals surface area contributed by atoms with Crippen molar-refractivity contribution in [1.29, 1.82) is 0 Å². The summed E-state index contributed by atoms with van der Waals surface area (Å²) < 4.78 is 5.06. The van der Waals surface area contributed by atoms with Crippen LogP contribution in [0.5, 0.6) is 0 Å². The van der Waals surface area contributed by atoms with Gasteiger partial charge in [0.05, 0.1) is 6.61 Å². The number of benzene rings is 1. The summed E-state index contributed by atoms with van der Waals surface area (Å²) in [6, 6.07) is 7.91. The predicted octanol–water partition coefficient (Wildman–Crippen LogP) is 1.64. The van der Waals surface area contributed by atoms with Crippen LogP contribution in [0.2, 0.25) is 0 Å². The van der Waals surface area contributed by atoms with Crippen molar-refractivity contribution >= 4 is 5.91 Å². The number of carbonyl (C=O) groups is 1. The molecule has 1 fully saturated rings. The van der Waals surface area contributed by atoms with Gasteiger partial charge in [-0.15, -0.1) is 0 Å². The quantitative estimate of drug-likeness (QED) is 0.897. The van der Waals surface area contributed by atoms with Gasteiger partial charge in [0.25, 0.3) is 5.91 Å². The lowest BCUT2D eigenvalue weighted by Gasteiger charge is -2.21. The Morgan fingerprint density at radius 2 is 2.11 bits per heavy atom. The zero-order valence-electron chi connectivity index (χ0n) is 11.6. The largest absolute Gasteiger partial charge is 0.380 e. The molecule has 1 saturated heterocycles. The van der Waals surface area contributed by atoms with Crippen LogP contribution in [-0.4, -0.2) is 37.0 Å². The number of amides is 1. The molecule has 0 aliphatic carbocycles. The zero-order chi connectivity index (χ0) is 13.8. The van der Waals surface area contributed by atoms with Gasteiger partial charge in [-0.1, -0.05) is 12.1 Å². The summed E-state index contributed by atoms with van der Waals surface area (Å²) >= 11 is 0. The summed E-state index contributed by atoms with van der Waals surface area (Å²) in [4.78, 5) is 14.4. The number of carbonyl (C=O) groups excluding carboxylic acids is 1. The number of likely N-dealkylation sites (tertiary alicyclic amines) is 1. The van der Waals surface area contributed by atoms with Gasteiger partial charge in [-0.25, -0.2) is 0 Å². The van der Waals surface area contributed by atoms with E-state index in [2.05, 4.69) is 6.92 Å². The third-order valence-corrected chi connectivity index (χ3v) is 3.77. The molecule has 1 aliphatic heterocycles. The zero-order valence-corrected chi connectivity index (χ0v) is 11.6. The van der Waals surface area contributed by atoms with E-state index in [1.807, 2.05) is 29.2 Å². The molecule has 2 rings (SSSR count). The normalized spacial score (nSPS) is 22.8. The molecule has 0 spiro atoms. The van der Waals surface area contributed by atoms with Crippen LogP contribution in [0.3, 0.4) is 0 Å². The highest BCUT2D eigenvalue weighted by molar-refractivity contribution is 5.94. The van der Waals surface area contributed by atoms with Gasteiger partial charge in [0, 0.05) is 25.3 Å². The highest BCUT2D eigenvalue weighted by Gasteiger charge is 2.31. The van der Waals surface area contributed by atoms with Gasteiger partial charge in [0.1, 0.15) is 0 Å². The number of nitrogens with two attached hydrogens (primary N) is 1. The Hall–Kier alpha value is -1.39. The van der Waals surface area contributed by atoms with E-state index in [1.165, 1.54) is 0 Å². The molecule has 104 valence electrons. The lowest BCUT2D eigenvalue weighted by atomic mass is 10.1. The van der Waals surface area contributed by atoms with E-state index < -0.39 is 0 Å². The van der Waals surface area contributed by atoms with Crippen molar-refractivity contribution < 1.29 is 9.53 Å². The summed E-state index contributed by atoms with van der Waals surface area (Å²) in [5, 5.41) is 0. The average Bonchev–Trinajstić information content (AvgIpc) is 2.80. The molecule has 19 heavy (non-hydrogen) atoms. The lowest BCUT2D eigenvalue weighted by Crippen LogP contribution is -2.34. The average molecular weight is 262 g/mol. The fourth-order valence-corrected chi connectivity index (χ4v) is 2.67. The predicted molar refractivity (Wildman–Crippen MR) is 74.8 cm³/mol. The summed E-state index contributed by atoms with van der Waals surface area (Å²) in [7, 11) is 1.66. The molecule has 2 N–H and O–H groups in total. The van der Waals surface area contributed by atoms with Crippen LogP contribution in [-0.2, 0) is 11.3 Å². The third-order valence-electron chi connectivity index (χ3n) is 3.77. The standard InChI is InChI=1S/C15H22N2O2/c1-11-7-13(8-16)9-17(11)15(18)14-5-3-12(4-6-14)10-19-2/h3-6,11,13H,7-10,16H2,1-2H3. The van der Waals surface area contributed by atoms with Crippen molar-refractivity contribution in [3.8, 4) is 0 Å². The molecule has 0 radical (unpaired) electrons. The maximum absolute atomic E-state index is 12.4. The van der Waals surface area contributed by atoms with Crippen LogP contribution in [0.15, 0.2) is 24.3 Å². The molecule has 2 unspecified atom stereocenters. The maximum atomic E-state index is 12.4. The van der Waals surface area contributed by atoms with E-state index in [0.29, 0.717) is 19.1 Å². The minimum absolute atomic E-state index is 0.104. The molecule has 0 bridgehead atoms. The van der Waals surface area contributed by atoms with E-state index in [0.717, 1.165) is 24.1 Å². The van der Waals surface area contributed by atoms with Crippen molar-refractivity contribution in [2.75, 3.05) is 20.2 Å². The fraction of sp³-hybridized carbons (Fsp3) is 0.533. The van der Waals surface area contributed by atoms with Gasteiger partial charge in [0.15, 0.2) is 0 Å². The van der Waals surface area contributed by atoms with Crippen LogP contribution >= 0.6 is 0 Å². The summed E-state index contributed by atoms with van der Waals surface area (Å²) in [5.74, 6) is 0.541. The van der Waals surface area contributed by atoms with E-state index in [4.69, 9.17) is 10.5 Å². The minimum atomic E-state index is 0.104.